The highest BCUT2D eigenvalue weighted by atomic mass is 19.1. The maximum absolute atomic E-state index is 13.1. The molecule has 0 spiro atoms. The van der Waals surface area contributed by atoms with Crippen LogP contribution in [-0.2, 0) is 6.42 Å². The Morgan fingerprint density at radius 1 is 1.20 bits per heavy atom. The van der Waals surface area contributed by atoms with Crippen molar-refractivity contribution in [1.29, 1.82) is 0 Å². The summed E-state index contributed by atoms with van der Waals surface area (Å²) in [4.78, 5) is 12.4. The smallest absolute Gasteiger partial charge is 0.170 e. The lowest BCUT2D eigenvalue weighted by molar-refractivity contribution is 0.0989. The van der Waals surface area contributed by atoms with Gasteiger partial charge in [-0.15, -0.1) is 0 Å². The summed E-state index contributed by atoms with van der Waals surface area (Å²) >= 11 is 0. The Morgan fingerprint density at radius 2 is 1.95 bits per heavy atom. The van der Waals surface area contributed by atoms with Crippen molar-refractivity contribution < 1.29 is 13.9 Å². The molecule has 0 heterocycles. The fraction of sp³-hybridized carbons (Fsp3) is 0.235. The van der Waals surface area contributed by atoms with Gasteiger partial charge < -0.3 is 4.74 Å². The van der Waals surface area contributed by atoms with Gasteiger partial charge in [0.15, 0.2) is 5.78 Å². The highest BCUT2D eigenvalue weighted by Gasteiger charge is 2.13. The molecule has 0 N–H and O–H groups in total. The van der Waals surface area contributed by atoms with Crippen LogP contribution in [0.15, 0.2) is 42.5 Å². The first-order valence-corrected chi connectivity index (χ1v) is 6.62. The lowest BCUT2D eigenvalue weighted by Crippen LogP contribution is -2.08. The summed E-state index contributed by atoms with van der Waals surface area (Å²) in [7, 11) is 0. The number of hydrogen-bond donors (Lipinski definition) is 0. The Bertz CT molecular complexity index is 620. The third-order valence-corrected chi connectivity index (χ3v) is 3.14. The van der Waals surface area contributed by atoms with Gasteiger partial charge in [-0.25, -0.2) is 4.39 Å². The molecule has 2 aromatic rings. The number of hydrogen-bond acceptors (Lipinski definition) is 2. The lowest BCUT2D eigenvalue weighted by Gasteiger charge is -2.10. The summed E-state index contributed by atoms with van der Waals surface area (Å²) in [6, 6.07) is 11.7. The first kappa shape index (κ1) is 14.3. The predicted molar refractivity (Wildman–Crippen MR) is 76.8 cm³/mol. The van der Waals surface area contributed by atoms with Gasteiger partial charge in [0.05, 0.1) is 12.2 Å². The number of benzene rings is 2. The van der Waals surface area contributed by atoms with E-state index >= 15 is 0 Å². The zero-order valence-electron chi connectivity index (χ0n) is 11.7. The molecule has 0 amide bonds. The van der Waals surface area contributed by atoms with Gasteiger partial charge in [0.25, 0.3) is 0 Å². The standard InChI is InChI=1S/C17H17FO2/c1-3-20-17-7-5-4-6-15(17)16(19)11-13-8-9-14(18)10-12(13)2/h4-10H,3,11H2,1-2H3. The molecule has 0 bridgehead atoms. The van der Waals surface area contributed by atoms with E-state index in [0.29, 0.717) is 17.9 Å². The number of ketones is 1. The molecule has 0 aliphatic carbocycles. The number of rotatable bonds is 5. The van der Waals surface area contributed by atoms with Crippen molar-refractivity contribution in [2.24, 2.45) is 0 Å². The fourth-order valence-corrected chi connectivity index (χ4v) is 2.10. The van der Waals surface area contributed by atoms with Gasteiger partial charge in [-0.05, 0) is 49.2 Å². The average Bonchev–Trinajstić information content (AvgIpc) is 2.43. The van der Waals surface area contributed by atoms with Crippen molar-refractivity contribution in [2.45, 2.75) is 20.3 Å². The van der Waals surface area contributed by atoms with Crippen LogP contribution in [0.1, 0.15) is 28.4 Å². The molecule has 2 nitrogen and oxygen atoms in total. The van der Waals surface area contributed by atoms with Crippen molar-refractivity contribution in [2.75, 3.05) is 6.61 Å². The Balaban J connectivity index is 2.24. The van der Waals surface area contributed by atoms with Crippen LogP contribution in [0.2, 0.25) is 0 Å². The highest BCUT2D eigenvalue weighted by Crippen LogP contribution is 2.21. The minimum atomic E-state index is -0.284. The topological polar surface area (TPSA) is 26.3 Å². The van der Waals surface area contributed by atoms with Crippen LogP contribution in [0, 0.1) is 12.7 Å². The van der Waals surface area contributed by atoms with Gasteiger partial charge in [-0.1, -0.05) is 18.2 Å². The van der Waals surface area contributed by atoms with Crippen LogP contribution in [-0.4, -0.2) is 12.4 Å². The molecule has 0 atom stereocenters. The summed E-state index contributed by atoms with van der Waals surface area (Å²) in [6.07, 6.45) is 0.246. The van der Waals surface area contributed by atoms with E-state index in [2.05, 4.69) is 0 Å². The largest absolute Gasteiger partial charge is 0.493 e. The predicted octanol–water partition coefficient (Wildman–Crippen LogP) is 3.96. The number of Topliss-reactive ketones (excluding diaryl/α,β-unsaturated/α-hetero) is 1. The summed E-state index contributed by atoms with van der Waals surface area (Å²) in [5.41, 5.74) is 2.19. The van der Waals surface area contributed by atoms with Crippen LogP contribution < -0.4 is 4.74 Å². The summed E-state index contributed by atoms with van der Waals surface area (Å²) < 4.78 is 18.5. The van der Waals surface area contributed by atoms with Gasteiger partial charge in [0.1, 0.15) is 11.6 Å². The van der Waals surface area contributed by atoms with Crippen LogP contribution in [0.4, 0.5) is 4.39 Å². The quantitative estimate of drug-likeness (QED) is 0.770. The van der Waals surface area contributed by atoms with E-state index in [-0.39, 0.29) is 18.0 Å². The maximum Gasteiger partial charge on any atom is 0.170 e. The zero-order valence-corrected chi connectivity index (χ0v) is 11.7. The van der Waals surface area contributed by atoms with Gasteiger partial charge in [0.2, 0.25) is 0 Å². The minimum absolute atomic E-state index is 0.0243. The zero-order chi connectivity index (χ0) is 14.5. The third kappa shape index (κ3) is 3.23. The first-order chi connectivity index (χ1) is 9.61. The number of halogens is 1. The van der Waals surface area contributed by atoms with Gasteiger partial charge in [-0.2, -0.15) is 0 Å². The van der Waals surface area contributed by atoms with E-state index in [1.165, 1.54) is 12.1 Å². The van der Waals surface area contributed by atoms with E-state index in [1.54, 1.807) is 25.1 Å². The van der Waals surface area contributed by atoms with Crippen molar-refractivity contribution in [3.05, 3.63) is 65.0 Å². The van der Waals surface area contributed by atoms with Crippen LogP contribution in [0.3, 0.4) is 0 Å². The molecule has 104 valence electrons. The monoisotopic (exact) mass is 272 g/mol. The molecular formula is C17H17FO2. The Kier molecular flexibility index (Phi) is 4.51. The van der Waals surface area contributed by atoms with Crippen LogP contribution in [0.25, 0.3) is 0 Å². The van der Waals surface area contributed by atoms with Gasteiger partial charge >= 0.3 is 0 Å². The van der Waals surface area contributed by atoms with Crippen LogP contribution >= 0.6 is 0 Å². The molecule has 3 heteroatoms. The van der Waals surface area contributed by atoms with E-state index in [0.717, 1.165) is 11.1 Å². The first-order valence-electron chi connectivity index (χ1n) is 6.62. The molecule has 0 aliphatic heterocycles. The molecular weight excluding hydrogens is 255 g/mol. The number of carbonyl (C=O) groups is 1. The Labute approximate surface area is 118 Å². The number of para-hydroxylation sites is 1. The molecule has 0 saturated heterocycles. The molecule has 2 rings (SSSR count). The van der Waals surface area contributed by atoms with E-state index in [9.17, 15) is 9.18 Å². The molecule has 0 unspecified atom stereocenters. The maximum atomic E-state index is 13.1. The van der Waals surface area contributed by atoms with E-state index in [4.69, 9.17) is 4.74 Å². The van der Waals surface area contributed by atoms with Crippen molar-refractivity contribution in [3.8, 4) is 5.75 Å². The summed E-state index contributed by atoms with van der Waals surface area (Å²) in [6.45, 7) is 4.20. The number of carbonyl (C=O) groups excluding carboxylic acids is 1. The second-order valence-corrected chi connectivity index (χ2v) is 4.60. The second kappa shape index (κ2) is 6.33. The van der Waals surface area contributed by atoms with E-state index < -0.39 is 0 Å². The molecule has 0 radical (unpaired) electrons. The Morgan fingerprint density at radius 3 is 2.65 bits per heavy atom. The summed E-state index contributed by atoms with van der Waals surface area (Å²) in [5.74, 6) is 0.289. The Hall–Kier alpha value is -2.16. The molecule has 20 heavy (non-hydrogen) atoms. The lowest BCUT2D eigenvalue weighted by atomic mass is 9.99. The number of aryl methyl sites for hydroxylation is 1. The fourth-order valence-electron chi connectivity index (χ4n) is 2.10. The van der Waals surface area contributed by atoms with Crippen molar-refractivity contribution in [1.82, 2.24) is 0 Å². The average molecular weight is 272 g/mol. The highest BCUT2D eigenvalue weighted by molar-refractivity contribution is 6.00. The molecule has 0 aliphatic rings. The summed E-state index contributed by atoms with van der Waals surface area (Å²) in [5, 5.41) is 0. The molecule has 0 aromatic heterocycles. The number of ether oxygens (including phenoxy) is 1. The molecule has 0 saturated carbocycles. The molecule has 2 aromatic carbocycles. The van der Waals surface area contributed by atoms with E-state index in [1.807, 2.05) is 19.1 Å². The van der Waals surface area contributed by atoms with Crippen LogP contribution in [0.5, 0.6) is 5.75 Å². The van der Waals surface area contributed by atoms with Gasteiger partial charge in [-0.3, -0.25) is 4.79 Å². The van der Waals surface area contributed by atoms with Crippen molar-refractivity contribution >= 4 is 5.78 Å². The second-order valence-electron chi connectivity index (χ2n) is 4.60. The minimum Gasteiger partial charge on any atom is -0.493 e. The SMILES string of the molecule is CCOc1ccccc1C(=O)Cc1ccc(F)cc1C. The van der Waals surface area contributed by atoms with Gasteiger partial charge in [0, 0.05) is 6.42 Å². The van der Waals surface area contributed by atoms with Crippen molar-refractivity contribution in [3.63, 3.8) is 0 Å². The third-order valence-electron chi connectivity index (χ3n) is 3.14. The normalized spacial score (nSPS) is 10.3. The molecule has 0 fully saturated rings.